The molecule has 0 spiro atoms. The summed E-state index contributed by atoms with van der Waals surface area (Å²) in [4.78, 5) is 5.56. The summed E-state index contributed by atoms with van der Waals surface area (Å²) in [5.74, 6) is 0. The third kappa shape index (κ3) is 3.16. The quantitative estimate of drug-likeness (QED) is 0.785. The molecule has 0 bridgehead atoms. The lowest BCUT2D eigenvalue weighted by molar-refractivity contribution is 0.0940. The second-order valence-corrected chi connectivity index (χ2v) is 8.18. The topological polar surface area (TPSA) is 69.3 Å². The summed E-state index contributed by atoms with van der Waals surface area (Å²) >= 11 is 1.54. The lowest BCUT2D eigenvalue weighted by Crippen LogP contribution is -2.15. The highest BCUT2D eigenvalue weighted by Crippen LogP contribution is 2.27. The number of nitrogens with one attached hydrogen (secondary N) is 1. The van der Waals surface area contributed by atoms with Crippen LogP contribution in [-0.2, 0) is 16.7 Å². The first-order chi connectivity index (χ1) is 11.5. The van der Waals surface area contributed by atoms with Gasteiger partial charge < -0.3 is 10.1 Å². The summed E-state index contributed by atoms with van der Waals surface area (Å²) in [6.07, 6.45) is 8.36. The fourth-order valence-electron chi connectivity index (χ4n) is 2.76. The van der Waals surface area contributed by atoms with Crippen LogP contribution < -0.4 is 5.32 Å². The molecule has 1 unspecified atom stereocenters. The molecular formula is C16H22N6OS. The van der Waals surface area contributed by atoms with Crippen molar-refractivity contribution >= 4 is 27.1 Å². The monoisotopic (exact) mass is 346 g/mol. The molecule has 7 nitrogen and oxygen atoms in total. The number of anilines is 2. The van der Waals surface area contributed by atoms with Crippen LogP contribution in [0.3, 0.4) is 0 Å². The molecule has 3 aromatic rings. The summed E-state index contributed by atoms with van der Waals surface area (Å²) < 4.78 is 9.41. The van der Waals surface area contributed by atoms with Gasteiger partial charge in [0.1, 0.15) is 0 Å². The minimum Gasteiger partial charge on any atom is -0.376 e. The van der Waals surface area contributed by atoms with Crippen LogP contribution in [0.15, 0.2) is 18.6 Å². The van der Waals surface area contributed by atoms with Gasteiger partial charge in [-0.25, -0.2) is 9.50 Å². The van der Waals surface area contributed by atoms with Crippen LogP contribution in [0.2, 0.25) is 0 Å². The van der Waals surface area contributed by atoms with Crippen molar-refractivity contribution in [3.05, 3.63) is 24.3 Å². The molecule has 0 saturated carbocycles. The van der Waals surface area contributed by atoms with E-state index < -0.39 is 0 Å². The van der Waals surface area contributed by atoms with Crippen molar-refractivity contribution in [2.24, 2.45) is 0 Å². The van der Waals surface area contributed by atoms with E-state index in [1.807, 2.05) is 27.8 Å². The Morgan fingerprint density at radius 2 is 2.25 bits per heavy atom. The van der Waals surface area contributed by atoms with E-state index in [0.717, 1.165) is 47.5 Å². The number of imidazole rings is 1. The Balaban J connectivity index is 1.46. The molecule has 24 heavy (non-hydrogen) atoms. The third-order valence-electron chi connectivity index (χ3n) is 4.11. The molecule has 1 atom stereocenters. The van der Waals surface area contributed by atoms with E-state index in [1.165, 1.54) is 11.3 Å². The van der Waals surface area contributed by atoms with Gasteiger partial charge in [0.25, 0.3) is 0 Å². The van der Waals surface area contributed by atoms with E-state index in [9.17, 15) is 0 Å². The number of aromatic nitrogens is 5. The van der Waals surface area contributed by atoms with Crippen molar-refractivity contribution in [1.82, 2.24) is 24.4 Å². The lowest BCUT2D eigenvalue weighted by Gasteiger charge is -2.13. The maximum Gasteiger partial charge on any atom is 0.214 e. The zero-order valence-electron chi connectivity index (χ0n) is 14.2. The van der Waals surface area contributed by atoms with Gasteiger partial charge in [-0.3, -0.25) is 4.68 Å². The lowest BCUT2D eigenvalue weighted by atomic mass is 9.93. The molecular weight excluding hydrogens is 324 g/mol. The van der Waals surface area contributed by atoms with Crippen molar-refractivity contribution in [2.75, 3.05) is 11.9 Å². The van der Waals surface area contributed by atoms with E-state index in [4.69, 9.17) is 4.74 Å². The van der Waals surface area contributed by atoms with Gasteiger partial charge in [0.2, 0.25) is 10.1 Å². The summed E-state index contributed by atoms with van der Waals surface area (Å²) in [5.41, 5.74) is 2.02. The van der Waals surface area contributed by atoms with Gasteiger partial charge in [0, 0.05) is 18.2 Å². The Morgan fingerprint density at radius 3 is 2.96 bits per heavy atom. The summed E-state index contributed by atoms with van der Waals surface area (Å²) in [5, 5.41) is 13.1. The van der Waals surface area contributed by atoms with Gasteiger partial charge in [0.05, 0.1) is 36.4 Å². The molecule has 4 heterocycles. The number of fused-ring (bicyclic) bond motifs is 1. The van der Waals surface area contributed by atoms with E-state index in [2.05, 4.69) is 41.3 Å². The molecule has 1 aliphatic heterocycles. The van der Waals surface area contributed by atoms with Crippen LogP contribution in [0.1, 0.15) is 39.3 Å². The van der Waals surface area contributed by atoms with Crippen molar-refractivity contribution in [3.63, 3.8) is 0 Å². The van der Waals surface area contributed by atoms with Gasteiger partial charge >= 0.3 is 0 Å². The van der Waals surface area contributed by atoms with Crippen LogP contribution in [0.25, 0.3) is 4.96 Å². The fourth-order valence-corrected chi connectivity index (χ4v) is 3.56. The van der Waals surface area contributed by atoms with E-state index in [1.54, 1.807) is 0 Å². The Labute approximate surface area is 144 Å². The van der Waals surface area contributed by atoms with Gasteiger partial charge in [0.15, 0.2) is 0 Å². The smallest absolute Gasteiger partial charge is 0.214 e. The number of nitrogens with zero attached hydrogens (tertiary/aromatic N) is 5. The Kier molecular flexibility index (Phi) is 3.80. The van der Waals surface area contributed by atoms with Crippen LogP contribution in [0, 0.1) is 0 Å². The van der Waals surface area contributed by atoms with Gasteiger partial charge in [-0.05, 0) is 12.8 Å². The Hall–Kier alpha value is -1.93. The van der Waals surface area contributed by atoms with Crippen molar-refractivity contribution < 1.29 is 4.74 Å². The van der Waals surface area contributed by atoms with Crippen LogP contribution >= 0.6 is 11.3 Å². The van der Waals surface area contributed by atoms with Crippen molar-refractivity contribution in [2.45, 2.75) is 51.7 Å². The fraction of sp³-hybridized carbons (Fsp3) is 0.562. The van der Waals surface area contributed by atoms with Gasteiger partial charge in [-0.2, -0.15) is 5.10 Å². The predicted molar refractivity (Wildman–Crippen MR) is 94.0 cm³/mol. The summed E-state index contributed by atoms with van der Waals surface area (Å²) in [6.45, 7) is 8.13. The van der Waals surface area contributed by atoms with Crippen LogP contribution in [0.4, 0.5) is 10.8 Å². The molecule has 4 rings (SSSR count). The van der Waals surface area contributed by atoms with Crippen molar-refractivity contribution in [1.29, 1.82) is 0 Å². The normalized spacial score (nSPS) is 18.5. The molecule has 1 aliphatic rings. The number of rotatable bonds is 4. The largest absolute Gasteiger partial charge is 0.376 e. The second-order valence-electron chi connectivity index (χ2n) is 7.22. The molecule has 3 aromatic heterocycles. The van der Waals surface area contributed by atoms with Crippen LogP contribution in [0.5, 0.6) is 0 Å². The second kappa shape index (κ2) is 5.86. The number of ether oxygens (including phenoxy) is 1. The summed E-state index contributed by atoms with van der Waals surface area (Å²) in [7, 11) is 0. The third-order valence-corrected chi connectivity index (χ3v) is 4.95. The standard InChI is InChI=1S/C16H22N6OS/c1-16(2,3)13-10-22-15(19-13)24-14(20-22)18-11-7-17-21(8-11)9-12-5-4-6-23-12/h7-8,10,12H,4-6,9H2,1-3H3,(H,18,20). The average Bonchev–Trinajstić information content (AvgIpc) is 3.22. The minimum atomic E-state index is 0.0322. The summed E-state index contributed by atoms with van der Waals surface area (Å²) in [6, 6.07) is 0. The molecule has 0 radical (unpaired) electrons. The first kappa shape index (κ1) is 15.6. The van der Waals surface area contributed by atoms with E-state index >= 15 is 0 Å². The van der Waals surface area contributed by atoms with Gasteiger partial charge in [-0.15, -0.1) is 5.10 Å². The van der Waals surface area contributed by atoms with Gasteiger partial charge in [-0.1, -0.05) is 32.1 Å². The SMILES string of the molecule is CC(C)(C)c1cn2nc(Nc3cnn(CC4CCCO4)c3)sc2n1. The minimum absolute atomic E-state index is 0.0322. The van der Waals surface area contributed by atoms with E-state index in [-0.39, 0.29) is 11.5 Å². The Morgan fingerprint density at radius 1 is 1.38 bits per heavy atom. The molecule has 0 amide bonds. The zero-order chi connectivity index (χ0) is 16.7. The Bertz CT molecular complexity index is 805. The molecule has 1 fully saturated rings. The highest BCUT2D eigenvalue weighted by molar-refractivity contribution is 7.20. The number of hydrogen-bond donors (Lipinski definition) is 1. The maximum absolute atomic E-state index is 5.65. The molecule has 0 aromatic carbocycles. The molecule has 128 valence electrons. The van der Waals surface area contributed by atoms with Crippen LogP contribution in [-0.4, -0.2) is 37.1 Å². The predicted octanol–water partition coefficient (Wildman–Crippen LogP) is 3.21. The molecule has 8 heteroatoms. The molecule has 0 aliphatic carbocycles. The maximum atomic E-state index is 5.65. The molecule has 1 saturated heterocycles. The van der Waals surface area contributed by atoms with E-state index in [0.29, 0.717) is 0 Å². The zero-order valence-corrected chi connectivity index (χ0v) is 15.0. The number of hydrogen-bond acceptors (Lipinski definition) is 6. The highest BCUT2D eigenvalue weighted by atomic mass is 32.1. The molecule has 1 N–H and O–H groups in total. The average molecular weight is 346 g/mol. The first-order valence-electron chi connectivity index (χ1n) is 8.25. The highest BCUT2D eigenvalue weighted by Gasteiger charge is 2.20. The first-order valence-corrected chi connectivity index (χ1v) is 9.07. The van der Waals surface area contributed by atoms with Crippen molar-refractivity contribution in [3.8, 4) is 0 Å².